The van der Waals surface area contributed by atoms with Gasteiger partial charge in [-0.1, -0.05) is 0 Å². The number of benzene rings is 1. The topological polar surface area (TPSA) is 83.5 Å². The van der Waals surface area contributed by atoms with Crippen LogP contribution in [0, 0.1) is 6.92 Å². The summed E-state index contributed by atoms with van der Waals surface area (Å²) >= 11 is 0. The van der Waals surface area contributed by atoms with E-state index in [1.165, 1.54) is 12.3 Å². The molecule has 0 aliphatic heterocycles. The zero-order chi connectivity index (χ0) is 13.9. The molecule has 6 heteroatoms. The molecule has 0 radical (unpaired) electrons. The molecule has 5 nitrogen and oxygen atoms in total. The van der Waals surface area contributed by atoms with Gasteiger partial charge in [-0.3, -0.25) is 0 Å². The van der Waals surface area contributed by atoms with E-state index in [9.17, 15) is 13.2 Å². The van der Waals surface area contributed by atoms with E-state index in [1.54, 1.807) is 26.0 Å². The van der Waals surface area contributed by atoms with Gasteiger partial charge in [-0.05, 0) is 37.6 Å². The van der Waals surface area contributed by atoms with Gasteiger partial charge >= 0.3 is 5.97 Å². The standard InChI is InChI=1S/C12H17NO4S/c1-8-6-10(12(14)15)4-5-11(8)13-9(2)7-18(3,16)17/h4-6,9,13H,7H2,1-3H3,(H,14,15). The minimum Gasteiger partial charge on any atom is -0.478 e. The van der Waals surface area contributed by atoms with Crippen molar-refractivity contribution < 1.29 is 18.3 Å². The van der Waals surface area contributed by atoms with Crippen LogP contribution >= 0.6 is 0 Å². The monoisotopic (exact) mass is 271 g/mol. The first kappa shape index (κ1) is 14.5. The van der Waals surface area contributed by atoms with Crippen LogP contribution in [0.2, 0.25) is 0 Å². The third-order valence-corrected chi connectivity index (χ3v) is 3.53. The van der Waals surface area contributed by atoms with E-state index in [1.807, 2.05) is 0 Å². The van der Waals surface area contributed by atoms with Crippen LogP contribution in [0.4, 0.5) is 5.69 Å². The first-order valence-corrected chi connectivity index (χ1v) is 7.53. The van der Waals surface area contributed by atoms with Gasteiger partial charge in [0.1, 0.15) is 9.84 Å². The second-order valence-corrected chi connectivity index (χ2v) is 6.66. The second kappa shape index (κ2) is 5.39. The lowest BCUT2D eigenvalue weighted by Crippen LogP contribution is -2.25. The van der Waals surface area contributed by atoms with Crippen molar-refractivity contribution in [3.05, 3.63) is 29.3 Å². The zero-order valence-electron chi connectivity index (χ0n) is 10.6. The predicted molar refractivity (Wildman–Crippen MR) is 70.9 cm³/mol. The highest BCUT2D eigenvalue weighted by atomic mass is 32.2. The largest absolute Gasteiger partial charge is 0.478 e. The lowest BCUT2D eigenvalue weighted by atomic mass is 10.1. The average molecular weight is 271 g/mol. The van der Waals surface area contributed by atoms with Gasteiger partial charge in [-0.25, -0.2) is 13.2 Å². The van der Waals surface area contributed by atoms with Crippen LogP contribution in [0.25, 0.3) is 0 Å². The highest BCUT2D eigenvalue weighted by Crippen LogP contribution is 2.17. The summed E-state index contributed by atoms with van der Waals surface area (Å²) in [5.41, 5.74) is 1.74. The Labute approximate surface area is 107 Å². The maximum atomic E-state index is 11.1. The molecule has 1 unspecified atom stereocenters. The normalized spacial score (nSPS) is 13.1. The second-order valence-electron chi connectivity index (χ2n) is 4.47. The Morgan fingerprint density at radius 3 is 2.50 bits per heavy atom. The molecule has 0 aromatic heterocycles. The molecule has 2 N–H and O–H groups in total. The molecule has 1 rings (SSSR count). The van der Waals surface area contributed by atoms with Gasteiger partial charge in [0.25, 0.3) is 0 Å². The molecule has 100 valence electrons. The van der Waals surface area contributed by atoms with E-state index in [0.29, 0.717) is 0 Å². The minimum atomic E-state index is -3.03. The van der Waals surface area contributed by atoms with Gasteiger partial charge in [0.15, 0.2) is 0 Å². The summed E-state index contributed by atoms with van der Waals surface area (Å²) < 4.78 is 22.3. The van der Waals surface area contributed by atoms with E-state index in [-0.39, 0.29) is 17.4 Å². The summed E-state index contributed by atoms with van der Waals surface area (Å²) in [5.74, 6) is -0.943. The van der Waals surface area contributed by atoms with E-state index >= 15 is 0 Å². The average Bonchev–Trinajstić information content (AvgIpc) is 2.17. The Morgan fingerprint density at radius 2 is 2.06 bits per heavy atom. The Hall–Kier alpha value is -1.56. The molecule has 0 amide bonds. The molecule has 0 fully saturated rings. The predicted octanol–water partition coefficient (Wildman–Crippen LogP) is 1.54. The molecule has 0 heterocycles. The van der Waals surface area contributed by atoms with Crippen LogP contribution < -0.4 is 5.32 Å². The van der Waals surface area contributed by atoms with Crippen molar-refractivity contribution in [1.82, 2.24) is 0 Å². The number of hydrogen-bond donors (Lipinski definition) is 2. The van der Waals surface area contributed by atoms with Crippen molar-refractivity contribution in [1.29, 1.82) is 0 Å². The van der Waals surface area contributed by atoms with E-state index < -0.39 is 15.8 Å². The summed E-state index contributed by atoms with van der Waals surface area (Å²) in [7, 11) is -3.03. The molecular weight excluding hydrogens is 254 g/mol. The summed E-state index contributed by atoms with van der Waals surface area (Å²) in [6.45, 7) is 3.55. The van der Waals surface area contributed by atoms with Crippen LogP contribution in [-0.2, 0) is 9.84 Å². The number of aromatic carboxylic acids is 1. The van der Waals surface area contributed by atoms with Crippen LogP contribution in [0.5, 0.6) is 0 Å². The minimum absolute atomic E-state index is 0.0348. The number of sulfone groups is 1. The quantitative estimate of drug-likeness (QED) is 0.848. The van der Waals surface area contributed by atoms with Crippen molar-refractivity contribution >= 4 is 21.5 Å². The first-order valence-electron chi connectivity index (χ1n) is 5.47. The van der Waals surface area contributed by atoms with Gasteiger partial charge in [0.05, 0.1) is 11.3 Å². The molecule has 1 aromatic rings. The van der Waals surface area contributed by atoms with Crippen LogP contribution in [0.3, 0.4) is 0 Å². The van der Waals surface area contributed by atoms with E-state index in [4.69, 9.17) is 5.11 Å². The Bertz CT molecular complexity index is 551. The molecule has 0 aliphatic carbocycles. The van der Waals surface area contributed by atoms with Crippen molar-refractivity contribution in [2.45, 2.75) is 19.9 Å². The van der Waals surface area contributed by atoms with Gasteiger partial charge in [0.2, 0.25) is 0 Å². The summed E-state index contributed by atoms with van der Waals surface area (Å²) in [4.78, 5) is 10.8. The number of carbonyl (C=O) groups is 1. The number of carboxylic acids is 1. The molecule has 1 aromatic carbocycles. The molecule has 0 aliphatic rings. The number of anilines is 1. The fourth-order valence-electron chi connectivity index (χ4n) is 1.72. The summed E-state index contributed by atoms with van der Waals surface area (Å²) in [6.07, 6.45) is 1.19. The van der Waals surface area contributed by atoms with Gasteiger partial charge in [-0.15, -0.1) is 0 Å². The van der Waals surface area contributed by atoms with Crippen molar-refractivity contribution in [3.8, 4) is 0 Å². The maximum absolute atomic E-state index is 11.1. The van der Waals surface area contributed by atoms with E-state index in [2.05, 4.69) is 5.32 Å². The third kappa shape index (κ3) is 4.37. The number of aryl methyl sites for hydroxylation is 1. The highest BCUT2D eigenvalue weighted by Gasteiger charge is 2.12. The SMILES string of the molecule is Cc1cc(C(=O)O)ccc1NC(C)CS(C)(=O)=O. The molecule has 0 saturated heterocycles. The lowest BCUT2D eigenvalue weighted by molar-refractivity contribution is 0.0697. The highest BCUT2D eigenvalue weighted by molar-refractivity contribution is 7.90. The Morgan fingerprint density at radius 1 is 1.44 bits per heavy atom. The third-order valence-electron chi connectivity index (χ3n) is 2.43. The fourth-order valence-corrected chi connectivity index (χ4v) is 2.71. The number of nitrogens with one attached hydrogen (secondary N) is 1. The Kier molecular flexibility index (Phi) is 4.34. The van der Waals surface area contributed by atoms with Gasteiger partial charge in [-0.2, -0.15) is 0 Å². The maximum Gasteiger partial charge on any atom is 0.335 e. The van der Waals surface area contributed by atoms with Gasteiger partial charge in [0, 0.05) is 18.0 Å². The molecule has 0 spiro atoms. The first-order chi connectivity index (χ1) is 8.19. The Balaban J connectivity index is 2.83. The van der Waals surface area contributed by atoms with Crippen LogP contribution in [0.15, 0.2) is 18.2 Å². The van der Waals surface area contributed by atoms with Gasteiger partial charge < -0.3 is 10.4 Å². The van der Waals surface area contributed by atoms with Crippen molar-refractivity contribution in [3.63, 3.8) is 0 Å². The van der Waals surface area contributed by atoms with Crippen molar-refractivity contribution in [2.75, 3.05) is 17.3 Å². The zero-order valence-corrected chi connectivity index (χ0v) is 11.4. The van der Waals surface area contributed by atoms with Crippen molar-refractivity contribution in [2.24, 2.45) is 0 Å². The van der Waals surface area contributed by atoms with Crippen LogP contribution in [-0.4, -0.2) is 37.5 Å². The molecule has 0 bridgehead atoms. The van der Waals surface area contributed by atoms with Crippen LogP contribution in [0.1, 0.15) is 22.8 Å². The summed E-state index contributed by atoms with van der Waals surface area (Å²) in [5, 5.41) is 11.9. The summed E-state index contributed by atoms with van der Waals surface area (Å²) in [6, 6.07) is 4.47. The number of hydrogen-bond acceptors (Lipinski definition) is 4. The smallest absolute Gasteiger partial charge is 0.335 e. The molecule has 0 saturated carbocycles. The fraction of sp³-hybridized carbons (Fsp3) is 0.417. The molecular formula is C12H17NO4S. The molecule has 18 heavy (non-hydrogen) atoms. The van der Waals surface area contributed by atoms with E-state index in [0.717, 1.165) is 11.3 Å². The molecule has 1 atom stereocenters. The lowest BCUT2D eigenvalue weighted by Gasteiger charge is -2.16. The number of carboxylic acid groups (broad SMARTS) is 1. The number of rotatable bonds is 5.